The van der Waals surface area contributed by atoms with Gasteiger partial charge in [-0.2, -0.15) is 0 Å². The minimum absolute atomic E-state index is 0.232. The number of alkyl carbamates (subject to hydrolysis) is 1. The first-order chi connectivity index (χ1) is 14.4. The Morgan fingerprint density at radius 1 is 1.13 bits per heavy atom. The molecule has 8 nitrogen and oxygen atoms in total. The van der Waals surface area contributed by atoms with E-state index < -0.39 is 45.9 Å². The summed E-state index contributed by atoms with van der Waals surface area (Å²) in [5.74, 6) is 0.945. The lowest BCUT2D eigenvalue weighted by Crippen LogP contribution is -2.55. The second-order valence-electron chi connectivity index (χ2n) is 7.78. The zero-order valence-electron chi connectivity index (χ0n) is 18.3. The predicted octanol–water partition coefficient (Wildman–Crippen LogP) is 2.93. The van der Waals surface area contributed by atoms with Crippen LogP contribution in [0.4, 0.5) is 4.79 Å². The van der Waals surface area contributed by atoms with Crippen LogP contribution in [0.15, 0.2) is 30.3 Å². The van der Waals surface area contributed by atoms with Crippen LogP contribution in [0.2, 0.25) is 0 Å². The van der Waals surface area contributed by atoms with Gasteiger partial charge in [0.15, 0.2) is 6.04 Å². The highest BCUT2D eigenvalue weighted by atomic mass is 127. The molecule has 0 heterocycles. The van der Waals surface area contributed by atoms with E-state index in [4.69, 9.17) is 20.6 Å². The molecule has 0 radical (unpaired) electrons. The van der Waals surface area contributed by atoms with Crippen LogP contribution < -0.4 is 10.6 Å². The first kappa shape index (κ1) is 26.7. The fourth-order valence-electron chi connectivity index (χ4n) is 2.30. The van der Waals surface area contributed by atoms with Gasteiger partial charge in [-0.15, -0.1) is 6.42 Å². The van der Waals surface area contributed by atoms with Crippen molar-refractivity contribution in [3.8, 4) is 12.3 Å². The summed E-state index contributed by atoms with van der Waals surface area (Å²) < 4.78 is 15.3. The van der Waals surface area contributed by atoms with Crippen molar-refractivity contribution in [3.63, 3.8) is 0 Å². The smallest absolute Gasteiger partial charge is 0.408 e. The molecule has 2 N–H and O–H groups in total. The Labute approximate surface area is 196 Å². The number of terminal acetylenes is 1. The molecule has 0 bridgehead atoms. The molecule has 0 aliphatic rings. The third-order valence-electron chi connectivity index (χ3n) is 3.85. The summed E-state index contributed by atoms with van der Waals surface area (Å²) in [5.41, 5.74) is 0.194. The summed E-state index contributed by atoms with van der Waals surface area (Å²) in [7, 11) is 0. The van der Waals surface area contributed by atoms with Crippen molar-refractivity contribution >= 4 is 40.6 Å². The number of hydrogen-bond donors (Lipinski definition) is 2. The zero-order chi connectivity index (χ0) is 23.6. The second-order valence-corrected chi connectivity index (χ2v) is 8.91. The molecule has 0 aromatic heterocycles. The predicted molar refractivity (Wildman–Crippen MR) is 124 cm³/mol. The number of alkyl halides is 1. The van der Waals surface area contributed by atoms with Crippen LogP contribution in [0.25, 0.3) is 0 Å². The molecular weight excluding hydrogens is 515 g/mol. The number of amides is 2. The Morgan fingerprint density at radius 3 is 2.29 bits per heavy atom. The molecule has 1 unspecified atom stereocenters. The van der Waals surface area contributed by atoms with E-state index in [1.165, 1.54) is 6.92 Å². The van der Waals surface area contributed by atoms with Crippen LogP contribution in [0, 0.1) is 12.3 Å². The monoisotopic (exact) mass is 544 g/mol. The molecule has 1 rings (SSSR count). The number of ether oxygens (including phenoxy) is 3. The fourth-order valence-corrected chi connectivity index (χ4v) is 2.55. The van der Waals surface area contributed by atoms with Gasteiger partial charge in [-0.25, -0.2) is 9.59 Å². The first-order valence-electron chi connectivity index (χ1n) is 9.69. The van der Waals surface area contributed by atoms with Crippen molar-refractivity contribution in [2.45, 2.75) is 69.1 Å². The van der Waals surface area contributed by atoms with E-state index in [1.807, 2.05) is 30.3 Å². The minimum Gasteiger partial charge on any atom is -0.444 e. The van der Waals surface area contributed by atoms with Crippen molar-refractivity contribution in [3.05, 3.63) is 35.9 Å². The maximum absolute atomic E-state index is 12.6. The summed E-state index contributed by atoms with van der Waals surface area (Å²) in [6.45, 7) is 8.47. The molecule has 0 aliphatic carbocycles. The lowest BCUT2D eigenvalue weighted by molar-refractivity contribution is -0.152. The number of halogens is 1. The number of carbonyl (C=O) groups is 3. The number of carbonyl (C=O) groups excluding carboxylic acids is 3. The zero-order valence-corrected chi connectivity index (χ0v) is 20.5. The topological polar surface area (TPSA) is 103 Å². The Hall–Kier alpha value is -2.32. The molecule has 2 amide bonds. The molecule has 0 spiro atoms. The van der Waals surface area contributed by atoms with Crippen LogP contribution >= 0.6 is 22.6 Å². The van der Waals surface area contributed by atoms with Crippen molar-refractivity contribution in [1.29, 1.82) is 0 Å². The van der Waals surface area contributed by atoms with E-state index >= 15 is 0 Å². The van der Waals surface area contributed by atoms with Gasteiger partial charge in [0.25, 0.3) is 0 Å². The summed E-state index contributed by atoms with van der Waals surface area (Å²) in [5, 5.41) is 5.00. The number of nitrogens with one attached hydrogen (secondary N) is 2. The van der Waals surface area contributed by atoms with Crippen LogP contribution in [0.1, 0.15) is 40.2 Å². The molecule has 9 heteroatoms. The third kappa shape index (κ3) is 10.5. The van der Waals surface area contributed by atoms with E-state index in [9.17, 15) is 14.4 Å². The quantitative estimate of drug-likeness (QED) is 0.215. The Balaban J connectivity index is 2.82. The van der Waals surface area contributed by atoms with Gasteiger partial charge in [-0.3, -0.25) is 4.79 Å². The van der Waals surface area contributed by atoms with Crippen LogP contribution in [-0.2, 0) is 30.4 Å². The molecule has 0 saturated carbocycles. The van der Waals surface area contributed by atoms with Gasteiger partial charge in [-0.1, -0.05) is 36.3 Å². The van der Waals surface area contributed by atoms with Gasteiger partial charge in [0, 0.05) is 0 Å². The Bertz CT molecular complexity index is 787. The lowest BCUT2D eigenvalue weighted by Gasteiger charge is -2.26. The maximum Gasteiger partial charge on any atom is 0.408 e. The Kier molecular flexibility index (Phi) is 10.8. The minimum atomic E-state index is -1.13. The Morgan fingerprint density at radius 2 is 1.74 bits per heavy atom. The molecule has 0 fully saturated rings. The molecular formula is C22H29IN2O6. The van der Waals surface area contributed by atoms with E-state index in [-0.39, 0.29) is 6.61 Å². The molecule has 1 aromatic rings. The SMILES string of the molecule is C#CC(I)OC(=O)[C@@H](NC(=O)[C@H](C)NC(=O)OC(C)(C)C)[C@@H](C)OCc1ccccc1. The molecule has 0 aliphatic heterocycles. The normalized spacial score (nSPS) is 14.9. The third-order valence-corrected chi connectivity index (χ3v) is 4.47. The van der Waals surface area contributed by atoms with Gasteiger partial charge >= 0.3 is 12.1 Å². The van der Waals surface area contributed by atoms with Gasteiger partial charge in [-0.05, 0) is 62.8 Å². The highest BCUT2D eigenvalue weighted by Crippen LogP contribution is 2.11. The van der Waals surface area contributed by atoms with Gasteiger partial charge < -0.3 is 24.8 Å². The van der Waals surface area contributed by atoms with Gasteiger partial charge in [0.1, 0.15) is 11.6 Å². The number of benzene rings is 1. The highest BCUT2D eigenvalue weighted by Gasteiger charge is 2.32. The molecule has 0 saturated heterocycles. The summed E-state index contributed by atoms with van der Waals surface area (Å²) in [4.78, 5) is 37.1. The number of hydrogen-bond acceptors (Lipinski definition) is 6. The summed E-state index contributed by atoms with van der Waals surface area (Å²) in [6, 6.07) is 7.28. The van der Waals surface area contributed by atoms with Crippen molar-refractivity contribution in [2.24, 2.45) is 0 Å². The average Bonchev–Trinajstić information content (AvgIpc) is 2.68. The van der Waals surface area contributed by atoms with E-state index in [1.54, 1.807) is 50.3 Å². The van der Waals surface area contributed by atoms with Crippen molar-refractivity contribution in [2.75, 3.05) is 0 Å². The first-order valence-corrected chi connectivity index (χ1v) is 10.9. The van der Waals surface area contributed by atoms with Gasteiger partial charge in [0.2, 0.25) is 10.0 Å². The molecule has 4 atom stereocenters. The molecule has 31 heavy (non-hydrogen) atoms. The van der Waals surface area contributed by atoms with Crippen LogP contribution in [0.5, 0.6) is 0 Å². The average molecular weight is 544 g/mol. The van der Waals surface area contributed by atoms with E-state index in [2.05, 4.69) is 16.6 Å². The molecule has 170 valence electrons. The van der Waals surface area contributed by atoms with E-state index in [0.717, 1.165) is 5.56 Å². The van der Waals surface area contributed by atoms with Crippen molar-refractivity contribution in [1.82, 2.24) is 10.6 Å². The number of rotatable bonds is 9. The maximum atomic E-state index is 12.6. The summed E-state index contributed by atoms with van der Waals surface area (Å²) >= 11 is 1.78. The number of esters is 1. The van der Waals surface area contributed by atoms with Crippen LogP contribution in [0.3, 0.4) is 0 Å². The highest BCUT2D eigenvalue weighted by molar-refractivity contribution is 14.1. The fraction of sp³-hybridized carbons (Fsp3) is 0.500. The standard InChI is InChI=1S/C22H29IN2O6/c1-7-17(23)30-20(27)18(15(3)29-13-16-11-9-8-10-12-16)25-19(26)14(2)24-21(28)31-22(4,5)6/h1,8-12,14-15,17-18H,13H2,2-6H3,(H,24,28)(H,25,26)/t14-,15+,17?,18-/m0/s1. The van der Waals surface area contributed by atoms with Gasteiger partial charge in [0.05, 0.1) is 12.7 Å². The summed E-state index contributed by atoms with van der Waals surface area (Å²) in [6.07, 6.45) is 3.79. The largest absolute Gasteiger partial charge is 0.444 e. The second kappa shape index (κ2) is 12.5. The van der Waals surface area contributed by atoms with Crippen molar-refractivity contribution < 1.29 is 28.6 Å². The molecule has 1 aromatic carbocycles. The van der Waals surface area contributed by atoms with Crippen LogP contribution in [-0.4, -0.2) is 45.9 Å². The lowest BCUT2D eigenvalue weighted by atomic mass is 10.1. The van der Waals surface area contributed by atoms with E-state index in [0.29, 0.717) is 0 Å².